The van der Waals surface area contributed by atoms with Crippen LogP contribution in [-0.2, 0) is 4.79 Å². The lowest BCUT2D eigenvalue weighted by Gasteiger charge is -2.01. The normalized spacial score (nSPS) is 9.71. The Bertz CT molecular complexity index is 426. The van der Waals surface area contributed by atoms with Gasteiger partial charge in [-0.3, -0.25) is 9.78 Å². The Morgan fingerprint density at radius 3 is 3.14 bits per heavy atom. The van der Waals surface area contributed by atoms with Crippen molar-refractivity contribution in [3.05, 3.63) is 18.5 Å². The van der Waals surface area contributed by atoms with Gasteiger partial charge in [-0.2, -0.15) is 5.21 Å². The van der Waals surface area contributed by atoms with Crippen molar-refractivity contribution in [2.24, 2.45) is 0 Å². The van der Waals surface area contributed by atoms with E-state index >= 15 is 0 Å². The summed E-state index contributed by atoms with van der Waals surface area (Å²) in [6.07, 6.45) is 3.67. The predicted molar refractivity (Wildman–Crippen MR) is 47.1 cm³/mol. The first kappa shape index (κ1) is 8.30. The molecule has 0 saturated heterocycles. The Hall–Kier alpha value is -2.31. The summed E-state index contributed by atoms with van der Waals surface area (Å²) in [7, 11) is 0. The van der Waals surface area contributed by atoms with Crippen molar-refractivity contribution in [3.8, 4) is 11.4 Å². The Kier molecular flexibility index (Phi) is 2.14. The number of aromatic nitrogens is 5. The molecule has 2 aromatic heterocycles. The molecule has 0 aliphatic carbocycles. The number of nitrogens with zero attached hydrogens (tertiary/aromatic N) is 4. The molecule has 0 atom stereocenters. The van der Waals surface area contributed by atoms with Gasteiger partial charge in [-0.05, 0) is 11.3 Å². The van der Waals surface area contributed by atoms with E-state index in [0.717, 1.165) is 0 Å². The van der Waals surface area contributed by atoms with Crippen LogP contribution in [0.2, 0.25) is 0 Å². The van der Waals surface area contributed by atoms with E-state index in [-0.39, 0.29) is 0 Å². The molecule has 0 aliphatic heterocycles. The van der Waals surface area contributed by atoms with Crippen LogP contribution in [0, 0.1) is 0 Å². The number of amides is 1. The van der Waals surface area contributed by atoms with E-state index in [1.54, 1.807) is 12.3 Å². The third-order valence-electron chi connectivity index (χ3n) is 1.62. The van der Waals surface area contributed by atoms with Gasteiger partial charge in [-0.25, -0.2) is 0 Å². The van der Waals surface area contributed by atoms with Crippen LogP contribution in [0.4, 0.5) is 5.69 Å². The molecule has 0 radical (unpaired) electrons. The molecule has 0 fully saturated rings. The summed E-state index contributed by atoms with van der Waals surface area (Å²) < 4.78 is 0. The van der Waals surface area contributed by atoms with E-state index in [1.165, 1.54) is 6.20 Å². The lowest BCUT2D eigenvalue weighted by molar-refractivity contribution is -0.105. The van der Waals surface area contributed by atoms with Crippen LogP contribution in [0.3, 0.4) is 0 Å². The van der Waals surface area contributed by atoms with E-state index in [0.29, 0.717) is 23.5 Å². The zero-order chi connectivity index (χ0) is 9.80. The Balaban J connectivity index is 2.46. The number of hydrogen-bond donors (Lipinski definition) is 2. The highest BCUT2D eigenvalue weighted by atomic mass is 16.1. The molecule has 0 saturated carbocycles. The number of nitrogens with one attached hydrogen (secondary N) is 2. The molecule has 70 valence electrons. The minimum absolute atomic E-state index is 0.414. The van der Waals surface area contributed by atoms with Gasteiger partial charge in [0.2, 0.25) is 12.2 Å². The molecule has 1 amide bonds. The first-order valence-electron chi connectivity index (χ1n) is 3.80. The number of carbonyl (C=O) groups excluding carboxylic acids is 1. The number of hydrogen-bond acceptors (Lipinski definition) is 5. The summed E-state index contributed by atoms with van der Waals surface area (Å²) >= 11 is 0. The van der Waals surface area contributed by atoms with Crippen molar-refractivity contribution in [1.29, 1.82) is 0 Å². The largest absolute Gasteiger partial charge is 0.327 e. The van der Waals surface area contributed by atoms with E-state index in [1.807, 2.05) is 0 Å². The highest BCUT2D eigenvalue weighted by molar-refractivity contribution is 5.81. The number of rotatable bonds is 3. The zero-order valence-electron chi connectivity index (χ0n) is 7.01. The second kappa shape index (κ2) is 3.60. The fourth-order valence-corrected chi connectivity index (χ4v) is 1.04. The highest BCUT2D eigenvalue weighted by Gasteiger charge is 2.07. The maximum absolute atomic E-state index is 10.3. The van der Waals surface area contributed by atoms with Crippen molar-refractivity contribution in [1.82, 2.24) is 25.6 Å². The predicted octanol–water partition coefficient (Wildman–Crippen LogP) is -0.170. The van der Waals surface area contributed by atoms with Crippen LogP contribution in [0.15, 0.2) is 18.5 Å². The smallest absolute Gasteiger partial charge is 0.211 e. The van der Waals surface area contributed by atoms with Gasteiger partial charge in [0.25, 0.3) is 0 Å². The minimum atomic E-state index is 0.414. The number of tetrazole rings is 1. The molecule has 0 aromatic carbocycles. The highest BCUT2D eigenvalue weighted by Crippen LogP contribution is 2.21. The van der Waals surface area contributed by atoms with Gasteiger partial charge in [0, 0.05) is 11.8 Å². The van der Waals surface area contributed by atoms with Gasteiger partial charge in [-0.15, -0.1) is 10.2 Å². The number of H-pyrrole nitrogens is 1. The van der Waals surface area contributed by atoms with Crippen LogP contribution in [0.25, 0.3) is 11.4 Å². The Morgan fingerprint density at radius 2 is 2.43 bits per heavy atom. The van der Waals surface area contributed by atoms with Crippen molar-refractivity contribution in [3.63, 3.8) is 0 Å². The molecule has 14 heavy (non-hydrogen) atoms. The molecule has 2 aromatic rings. The van der Waals surface area contributed by atoms with Crippen molar-refractivity contribution in [2.75, 3.05) is 5.32 Å². The van der Waals surface area contributed by atoms with Crippen molar-refractivity contribution >= 4 is 12.1 Å². The Labute approximate surface area is 78.6 Å². The van der Waals surface area contributed by atoms with Gasteiger partial charge < -0.3 is 5.32 Å². The second-order valence-corrected chi connectivity index (χ2v) is 2.42. The molecular weight excluding hydrogens is 184 g/mol. The maximum atomic E-state index is 10.3. The van der Waals surface area contributed by atoms with Gasteiger partial charge in [0.15, 0.2) is 0 Å². The number of anilines is 1. The molecular formula is C7H6N6O. The molecule has 0 unspecified atom stereocenters. The van der Waals surface area contributed by atoms with E-state index in [4.69, 9.17) is 0 Å². The van der Waals surface area contributed by atoms with Crippen molar-refractivity contribution in [2.45, 2.75) is 0 Å². The van der Waals surface area contributed by atoms with E-state index in [2.05, 4.69) is 30.9 Å². The van der Waals surface area contributed by atoms with Crippen LogP contribution in [0.5, 0.6) is 0 Å². The summed E-state index contributed by atoms with van der Waals surface area (Å²) in [5.41, 5.74) is 1.21. The summed E-state index contributed by atoms with van der Waals surface area (Å²) in [6, 6.07) is 1.69. The molecule has 2 N–H and O–H groups in total. The lowest BCUT2D eigenvalue weighted by Crippen LogP contribution is -1.97. The summed E-state index contributed by atoms with van der Waals surface area (Å²) in [6.45, 7) is 0. The number of carbonyl (C=O) groups is 1. The molecule has 7 heteroatoms. The summed E-state index contributed by atoms with van der Waals surface area (Å²) in [4.78, 5) is 14.2. The third kappa shape index (κ3) is 1.42. The molecule has 0 spiro atoms. The lowest BCUT2D eigenvalue weighted by atomic mass is 10.2. The average Bonchev–Trinajstić information content (AvgIpc) is 2.72. The molecule has 7 nitrogen and oxygen atoms in total. The summed E-state index contributed by atoms with van der Waals surface area (Å²) in [5.74, 6) is 0.414. The molecule has 2 heterocycles. The standard InChI is InChI=1S/C7H6N6O/c14-4-9-6-3-8-2-1-5(6)7-10-12-13-11-7/h1-4H,(H,9,14)(H,10,11,12,13). The van der Waals surface area contributed by atoms with E-state index < -0.39 is 0 Å². The maximum Gasteiger partial charge on any atom is 0.211 e. The van der Waals surface area contributed by atoms with Gasteiger partial charge in [-0.1, -0.05) is 0 Å². The topological polar surface area (TPSA) is 96.5 Å². The van der Waals surface area contributed by atoms with Gasteiger partial charge >= 0.3 is 0 Å². The fraction of sp³-hybridized carbons (Fsp3) is 0. The Morgan fingerprint density at radius 1 is 1.50 bits per heavy atom. The van der Waals surface area contributed by atoms with Crippen LogP contribution < -0.4 is 5.32 Å². The van der Waals surface area contributed by atoms with E-state index in [9.17, 15) is 4.79 Å². The van der Waals surface area contributed by atoms with Crippen molar-refractivity contribution < 1.29 is 4.79 Å². The first-order chi connectivity index (χ1) is 6.92. The minimum Gasteiger partial charge on any atom is -0.327 e. The quantitative estimate of drug-likeness (QED) is 0.655. The van der Waals surface area contributed by atoms with Crippen LogP contribution in [0.1, 0.15) is 0 Å². The number of pyridine rings is 1. The average molecular weight is 190 g/mol. The zero-order valence-corrected chi connectivity index (χ0v) is 7.01. The van der Waals surface area contributed by atoms with Gasteiger partial charge in [0.05, 0.1) is 11.9 Å². The summed E-state index contributed by atoms with van der Waals surface area (Å²) in [5, 5.41) is 15.9. The number of aromatic amines is 1. The fourth-order valence-electron chi connectivity index (χ4n) is 1.04. The monoisotopic (exact) mass is 190 g/mol. The molecule has 0 aliphatic rings. The second-order valence-electron chi connectivity index (χ2n) is 2.42. The molecule has 0 bridgehead atoms. The SMILES string of the molecule is O=CNc1cnccc1-c1nn[nH]n1. The van der Waals surface area contributed by atoms with Crippen LogP contribution >= 0.6 is 0 Å². The first-order valence-corrected chi connectivity index (χ1v) is 3.80. The molecule has 2 rings (SSSR count). The third-order valence-corrected chi connectivity index (χ3v) is 1.62. The van der Waals surface area contributed by atoms with Crippen LogP contribution in [-0.4, -0.2) is 32.0 Å². The van der Waals surface area contributed by atoms with Gasteiger partial charge in [0.1, 0.15) is 0 Å².